The highest BCUT2D eigenvalue weighted by atomic mass is 16.4. The lowest BCUT2D eigenvalue weighted by Gasteiger charge is -2.66. The van der Waals surface area contributed by atoms with Gasteiger partial charge in [0.05, 0.1) is 17.6 Å². The highest BCUT2D eigenvalue weighted by Gasteiger charge is 2.76. The molecule has 0 heterocycles. The zero-order valence-electron chi connectivity index (χ0n) is 28.3. The SMILES string of the molecule is CCCCCCNC(=O)NCc1cc(C(C)C)c2c(c1O)C(=O)[C@@H]1C(O)[C@@]3(O)C(=O)[C@H](C(N)=O)C(O)[C@H](C(C)C)[C@@]3(C)C[C@@]1(C)C2. The molecule has 2 unspecified atom stereocenters. The van der Waals surface area contributed by atoms with Crippen LogP contribution in [0.15, 0.2) is 6.07 Å². The average Bonchev–Trinajstić information content (AvgIpc) is 2.93. The molecule has 11 heteroatoms. The summed E-state index contributed by atoms with van der Waals surface area (Å²) in [6.07, 6.45) is 0.950. The number of ketones is 2. The van der Waals surface area contributed by atoms with E-state index in [1.807, 2.05) is 34.6 Å². The fourth-order valence-electron chi connectivity index (χ4n) is 9.33. The van der Waals surface area contributed by atoms with Crippen molar-refractivity contribution in [3.63, 3.8) is 0 Å². The van der Waals surface area contributed by atoms with E-state index in [0.29, 0.717) is 17.7 Å². The quantitative estimate of drug-likeness (QED) is 0.149. The van der Waals surface area contributed by atoms with Crippen molar-refractivity contribution in [3.8, 4) is 5.75 Å². The smallest absolute Gasteiger partial charge is 0.315 e. The number of carbonyl (C=O) groups excluding carboxylic acids is 4. The second-order valence-corrected chi connectivity index (χ2v) is 15.1. The molecule has 11 nitrogen and oxygen atoms in total. The van der Waals surface area contributed by atoms with Gasteiger partial charge in [0.2, 0.25) is 5.91 Å². The summed E-state index contributed by atoms with van der Waals surface area (Å²) in [5, 5.41) is 52.8. The number of fused-ring (bicyclic) bond motifs is 3. The number of hydrogen-bond acceptors (Lipinski definition) is 8. The third kappa shape index (κ3) is 5.52. The summed E-state index contributed by atoms with van der Waals surface area (Å²) in [6, 6.07) is 1.40. The molecular weight excluding hydrogens is 590 g/mol. The van der Waals surface area contributed by atoms with Crippen molar-refractivity contribution in [2.24, 2.45) is 40.2 Å². The van der Waals surface area contributed by atoms with Crippen molar-refractivity contribution in [2.45, 2.75) is 117 Å². The first-order valence-electron chi connectivity index (χ1n) is 16.7. The zero-order valence-corrected chi connectivity index (χ0v) is 28.3. The predicted octanol–water partition coefficient (Wildman–Crippen LogP) is 3.08. The highest BCUT2D eigenvalue weighted by Crippen LogP contribution is 2.66. The molecule has 3 aliphatic rings. The van der Waals surface area contributed by atoms with E-state index >= 15 is 0 Å². The first-order chi connectivity index (χ1) is 21.4. The zero-order chi connectivity index (χ0) is 34.5. The van der Waals surface area contributed by atoms with E-state index in [2.05, 4.69) is 17.6 Å². The highest BCUT2D eigenvalue weighted by molar-refractivity contribution is 6.09. The predicted molar refractivity (Wildman–Crippen MR) is 172 cm³/mol. The van der Waals surface area contributed by atoms with Gasteiger partial charge in [0.1, 0.15) is 17.8 Å². The maximum atomic E-state index is 14.5. The first-order valence-corrected chi connectivity index (χ1v) is 16.7. The molecule has 1 aromatic rings. The number of amides is 3. The van der Waals surface area contributed by atoms with Crippen molar-refractivity contribution < 1.29 is 39.6 Å². The molecule has 8 N–H and O–H groups in total. The van der Waals surface area contributed by atoms with Crippen LogP contribution in [0.5, 0.6) is 5.75 Å². The molecule has 46 heavy (non-hydrogen) atoms. The summed E-state index contributed by atoms with van der Waals surface area (Å²) in [5.41, 5.74) is 2.37. The molecule has 0 aliphatic heterocycles. The summed E-state index contributed by atoms with van der Waals surface area (Å²) < 4.78 is 0. The van der Waals surface area contributed by atoms with E-state index in [1.165, 1.54) is 0 Å². The molecular formula is C35H53N3O8. The van der Waals surface area contributed by atoms with Crippen LogP contribution in [-0.2, 0) is 22.6 Å². The maximum Gasteiger partial charge on any atom is 0.315 e. The Labute approximate surface area is 271 Å². The Bertz CT molecular complexity index is 1390. The Kier molecular flexibility index (Phi) is 10.0. The Morgan fingerprint density at radius 2 is 1.72 bits per heavy atom. The van der Waals surface area contributed by atoms with Gasteiger partial charge in [-0.3, -0.25) is 14.4 Å². The fourth-order valence-corrected chi connectivity index (χ4v) is 9.33. The third-order valence-electron chi connectivity index (χ3n) is 11.3. The summed E-state index contributed by atoms with van der Waals surface area (Å²) in [4.78, 5) is 53.4. The van der Waals surface area contributed by atoms with E-state index in [4.69, 9.17) is 5.73 Å². The number of nitrogens with one attached hydrogen (secondary N) is 2. The van der Waals surface area contributed by atoms with Crippen LogP contribution in [0.25, 0.3) is 0 Å². The number of hydrogen-bond donors (Lipinski definition) is 7. The standard InChI is InChI=1S/C35H53N3O8/c1-8-9-10-11-12-37-32(45)38-15-19-13-20(17(2)3)21-14-33(6)16-34(7)24(18(4)5)28(41)23(31(36)44)29(42)35(34,46)30(43)25(33)27(40)22(21)26(19)39/h13,17-18,23-25,28,30,39,41,43,46H,8-12,14-16H2,1-7H3,(H2,36,44)(H2,37,38,45)/t23-,24+,25-,28?,30?,33-,34-,35+/m1/s1. The van der Waals surface area contributed by atoms with Crippen molar-refractivity contribution >= 4 is 23.5 Å². The Balaban J connectivity index is 1.77. The number of carbonyl (C=O) groups is 4. The molecule has 0 aromatic heterocycles. The number of phenolic OH excluding ortho intramolecular Hbond substituents is 1. The van der Waals surface area contributed by atoms with Crippen LogP contribution in [0.2, 0.25) is 0 Å². The van der Waals surface area contributed by atoms with Crippen LogP contribution in [0, 0.1) is 34.5 Å². The van der Waals surface area contributed by atoms with Gasteiger partial charge in [-0.25, -0.2) is 4.79 Å². The number of aliphatic hydroxyl groups is 3. The number of urea groups is 1. The molecule has 2 fully saturated rings. The lowest BCUT2D eigenvalue weighted by molar-refractivity contribution is -0.265. The summed E-state index contributed by atoms with van der Waals surface area (Å²) in [7, 11) is 0. The van der Waals surface area contributed by atoms with Crippen molar-refractivity contribution in [1.82, 2.24) is 10.6 Å². The van der Waals surface area contributed by atoms with Crippen LogP contribution >= 0.6 is 0 Å². The molecule has 3 aliphatic carbocycles. The molecule has 1 aromatic carbocycles. The lowest BCUT2D eigenvalue weighted by atomic mass is 9.39. The molecule has 0 radical (unpaired) electrons. The Morgan fingerprint density at radius 3 is 2.28 bits per heavy atom. The number of Topliss-reactive ketones (excluding diaryl/α,β-unsaturated/α-hetero) is 2. The average molecular weight is 644 g/mol. The minimum atomic E-state index is -2.57. The van der Waals surface area contributed by atoms with Gasteiger partial charge in [0, 0.05) is 24.1 Å². The maximum absolute atomic E-state index is 14.5. The summed E-state index contributed by atoms with van der Waals surface area (Å²) in [6.45, 7) is 13.6. The van der Waals surface area contributed by atoms with Crippen LogP contribution in [0.1, 0.15) is 114 Å². The van der Waals surface area contributed by atoms with Gasteiger partial charge in [0.15, 0.2) is 17.2 Å². The molecule has 2 saturated carbocycles. The number of rotatable bonds is 10. The van der Waals surface area contributed by atoms with E-state index < -0.39 is 69.9 Å². The largest absolute Gasteiger partial charge is 0.507 e. The number of benzene rings is 1. The first kappa shape index (κ1) is 35.8. The van der Waals surface area contributed by atoms with Crippen LogP contribution in [0.4, 0.5) is 4.79 Å². The van der Waals surface area contributed by atoms with Gasteiger partial charge in [-0.2, -0.15) is 0 Å². The minimum absolute atomic E-state index is 0.00635. The molecule has 0 spiro atoms. The topological polar surface area (TPSA) is 199 Å². The number of primary amides is 1. The second kappa shape index (κ2) is 12.9. The molecule has 256 valence electrons. The van der Waals surface area contributed by atoms with E-state index in [0.717, 1.165) is 31.2 Å². The molecule has 0 saturated heterocycles. The van der Waals surface area contributed by atoms with E-state index in [9.17, 15) is 39.6 Å². The Hall–Kier alpha value is -3.02. The molecule has 8 atom stereocenters. The molecule has 0 bridgehead atoms. The van der Waals surface area contributed by atoms with E-state index in [-0.39, 0.29) is 42.5 Å². The van der Waals surface area contributed by atoms with Crippen molar-refractivity contribution in [1.29, 1.82) is 0 Å². The van der Waals surface area contributed by atoms with Gasteiger partial charge < -0.3 is 36.8 Å². The van der Waals surface area contributed by atoms with Gasteiger partial charge in [0.25, 0.3) is 0 Å². The number of aromatic hydroxyl groups is 1. The van der Waals surface area contributed by atoms with Gasteiger partial charge >= 0.3 is 6.03 Å². The fraction of sp³-hybridized carbons (Fsp3) is 0.714. The third-order valence-corrected chi connectivity index (χ3v) is 11.3. The molecule has 3 amide bonds. The number of unbranched alkanes of at least 4 members (excludes halogenated alkanes) is 3. The van der Waals surface area contributed by atoms with Gasteiger partial charge in [-0.15, -0.1) is 0 Å². The number of phenols is 1. The van der Waals surface area contributed by atoms with Crippen LogP contribution in [0.3, 0.4) is 0 Å². The van der Waals surface area contributed by atoms with Crippen molar-refractivity contribution in [2.75, 3.05) is 6.54 Å². The normalized spacial score (nSPS) is 33.8. The van der Waals surface area contributed by atoms with E-state index in [1.54, 1.807) is 13.0 Å². The second-order valence-electron chi connectivity index (χ2n) is 15.1. The van der Waals surface area contributed by atoms with Gasteiger partial charge in [-0.1, -0.05) is 67.7 Å². The van der Waals surface area contributed by atoms with Crippen LogP contribution < -0.4 is 16.4 Å². The Morgan fingerprint density at radius 1 is 1.07 bits per heavy atom. The molecule has 4 rings (SSSR count). The number of aliphatic hydroxyl groups excluding tert-OH is 2. The van der Waals surface area contributed by atoms with Crippen LogP contribution in [-0.4, -0.2) is 68.3 Å². The minimum Gasteiger partial charge on any atom is -0.507 e. The van der Waals surface area contributed by atoms with Crippen molar-refractivity contribution in [3.05, 3.63) is 28.3 Å². The van der Waals surface area contributed by atoms with Gasteiger partial charge in [-0.05, 0) is 59.6 Å². The summed E-state index contributed by atoms with van der Waals surface area (Å²) >= 11 is 0. The summed E-state index contributed by atoms with van der Waals surface area (Å²) in [5.74, 6) is -7.39. The lowest BCUT2D eigenvalue weighted by Crippen LogP contribution is -2.79. The number of nitrogens with two attached hydrogens (primary N) is 1. The monoisotopic (exact) mass is 643 g/mol.